The highest BCUT2D eigenvalue weighted by Crippen LogP contribution is 2.32. The number of fused-ring (bicyclic) bond motifs is 2. The highest BCUT2D eigenvalue weighted by atomic mass is 16.7. The number of pyridine rings is 1. The second kappa shape index (κ2) is 4.52. The third-order valence-corrected chi connectivity index (χ3v) is 3.30. The van der Waals surface area contributed by atoms with E-state index in [1.165, 1.54) is 0 Å². The molecule has 104 valence electrons. The minimum absolute atomic E-state index is 0.186. The Morgan fingerprint density at radius 1 is 1.19 bits per heavy atom. The van der Waals surface area contributed by atoms with Crippen LogP contribution in [0.5, 0.6) is 11.5 Å². The van der Waals surface area contributed by atoms with Crippen LogP contribution in [0, 0.1) is 0 Å². The summed E-state index contributed by atoms with van der Waals surface area (Å²) in [5.41, 5.74) is 1.41. The lowest BCUT2D eigenvalue weighted by Gasteiger charge is -2.05. The Morgan fingerprint density at radius 2 is 2.10 bits per heavy atom. The van der Waals surface area contributed by atoms with E-state index in [0.29, 0.717) is 23.0 Å². The number of nitrogens with one attached hydrogen (secondary N) is 1. The molecule has 0 atom stereocenters. The van der Waals surface area contributed by atoms with E-state index in [4.69, 9.17) is 9.47 Å². The third-order valence-electron chi connectivity index (χ3n) is 3.30. The van der Waals surface area contributed by atoms with Gasteiger partial charge in [0.1, 0.15) is 0 Å². The van der Waals surface area contributed by atoms with Gasteiger partial charge in [-0.05, 0) is 30.3 Å². The van der Waals surface area contributed by atoms with E-state index < -0.39 is 0 Å². The van der Waals surface area contributed by atoms with Crippen molar-refractivity contribution in [2.75, 3.05) is 12.1 Å². The third kappa shape index (κ3) is 1.97. The van der Waals surface area contributed by atoms with Crippen molar-refractivity contribution in [3.63, 3.8) is 0 Å². The van der Waals surface area contributed by atoms with Gasteiger partial charge in [-0.2, -0.15) is 0 Å². The van der Waals surface area contributed by atoms with Gasteiger partial charge >= 0.3 is 0 Å². The number of ether oxygens (including phenoxy) is 2. The molecule has 0 radical (unpaired) electrons. The Balaban J connectivity index is 1.63. The number of carbonyl (C=O) groups excluding carboxylic acids is 1. The molecule has 1 amide bonds. The molecule has 0 saturated heterocycles. The van der Waals surface area contributed by atoms with Crippen LogP contribution < -0.4 is 14.8 Å². The largest absolute Gasteiger partial charge is 0.454 e. The first-order valence-electron chi connectivity index (χ1n) is 6.44. The Labute approximate surface area is 119 Å². The summed E-state index contributed by atoms with van der Waals surface area (Å²) in [6.45, 7) is 0.186. The number of nitrogens with zero attached hydrogens (tertiary/aromatic N) is 2. The lowest BCUT2D eigenvalue weighted by molar-refractivity contribution is 0.102. The van der Waals surface area contributed by atoms with Gasteiger partial charge < -0.3 is 9.47 Å². The molecule has 2 aromatic heterocycles. The van der Waals surface area contributed by atoms with Crippen molar-refractivity contribution in [1.82, 2.24) is 9.38 Å². The Bertz CT molecular complexity index is 841. The van der Waals surface area contributed by atoms with Crippen LogP contribution in [0.15, 0.2) is 48.8 Å². The summed E-state index contributed by atoms with van der Waals surface area (Å²) in [5.74, 6) is 1.46. The topological polar surface area (TPSA) is 64.9 Å². The Kier molecular flexibility index (Phi) is 2.53. The molecule has 1 aromatic carbocycles. The van der Waals surface area contributed by atoms with E-state index in [2.05, 4.69) is 10.3 Å². The fraction of sp³-hybridized carbons (Fsp3) is 0.0667. The molecule has 6 nitrogen and oxygen atoms in total. The SMILES string of the molecule is O=C(Nc1ncc2ccccn12)c1ccc2c(c1)OCO2. The zero-order chi connectivity index (χ0) is 14.2. The minimum atomic E-state index is -0.246. The number of anilines is 1. The lowest BCUT2D eigenvalue weighted by atomic mass is 10.2. The fourth-order valence-electron chi connectivity index (χ4n) is 2.25. The summed E-state index contributed by atoms with van der Waals surface area (Å²) in [4.78, 5) is 16.5. The van der Waals surface area contributed by atoms with Crippen LogP contribution in [0.25, 0.3) is 5.52 Å². The molecule has 0 aliphatic carbocycles. The van der Waals surface area contributed by atoms with Crippen LogP contribution in [0.3, 0.4) is 0 Å². The molecule has 6 heteroatoms. The smallest absolute Gasteiger partial charge is 0.258 e. The van der Waals surface area contributed by atoms with E-state index >= 15 is 0 Å². The Morgan fingerprint density at radius 3 is 3.05 bits per heavy atom. The maximum absolute atomic E-state index is 12.3. The van der Waals surface area contributed by atoms with Crippen molar-refractivity contribution in [2.24, 2.45) is 0 Å². The molecular formula is C15H11N3O3. The summed E-state index contributed by atoms with van der Waals surface area (Å²) in [7, 11) is 0. The molecule has 1 aliphatic heterocycles. The van der Waals surface area contributed by atoms with E-state index in [1.54, 1.807) is 24.4 Å². The molecule has 0 saturated carbocycles. The predicted molar refractivity (Wildman–Crippen MR) is 75.7 cm³/mol. The molecule has 0 fully saturated rings. The number of hydrogen-bond acceptors (Lipinski definition) is 4. The van der Waals surface area contributed by atoms with Crippen LogP contribution in [0.2, 0.25) is 0 Å². The van der Waals surface area contributed by atoms with Crippen molar-refractivity contribution in [3.8, 4) is 11.5 Å². The second-order valence-electron chi connectivity index (χ2n) is 4.60. The summed E-state index contributed by atoms with van der Waals surface area (Å²) in [6.07, 6.45) is 3.55. The number of aromatic nitrogens is 2. The number of carbonyl (C=O) groups is 1. The standard InChI is InChI=1S/C15H11N3O3/c19-14(10-4-5-12-13(7-10)21-9-20-12)17-15-16-8-11-3-1-2-6-18(11)15/h1-8H,9H2,(H,16,17,19). The van der Waals surface area contributed by atoms with Gasteiger partial charge in [0.15, 0.2) is 11.5 Å². The molecule has 21 heavy (non-hydrogen) atoms. The molecule has 1 aliphatic rings. The van der Waals surface area contributed by atoms with Gasteiger partial charge in [-0.1, -0.05) is 6.07 Å². The first kappa shape index (κ1) is 11.8. The number of amides is 1. The average Bonchev–Trinajstić information content (AvgIpc) is 3.13. The molecule has 1 N–H and O–H groups in total. The van der Waals surface area contributed by atoms with Crippen LogP contribution in [-0.4, -0.2) is 22.1 Å². The quantitative estimate of drug-likeness (QED) is 0.783. The molecule has 0 unspecified atom stereocenters. The van der Waals surface area contributed by atoms with Crippen LogP contribution in [-0.2, 0) is 0 Å². The van der Waals surface area contributed by atoms with Crippen LogP contribution in [0.1, 0.15) is 10.4 Å². The number of rotatable bonds is 2. The van der Waals surface area contributed by atoms with Gasteiger partial charge in [-0.3, -0.25) is 14.5 Å². The highest BCUT2D eigenvalue weighted by Gasteiger charge is 2.17. The summed E-state index contributed by atoms with van der Waals surface area (Å²) in [5, 5.41) is 2.79. The van der Waals surface area contributed by atoms with Gasteiger partial charge in [-0.25, -0.2) is 4.98 Å². The van der Waals surface area contributed by atoms with E-state index in [1.807, 2.05) is 28.8 Å². The van der Waals surface area contributed by atoms with E-state index in [0.717, 1.165) is 5.52 Å². The van der Waals surface area contributed by atoms with Gasteiger partial charge in [0, 0.05) is 11.8 Å². The van der Waals surface area contributed by atoms with E-state index in [9.17, 15) is 4.79 Å². The second-order valence-corrected chi connectivity index (χ2v) is 4.60. The molecule has 3 aromatic rings. The number of benzene rings is 1. The zero-order valence-electron chi connectivity index (χ0n) is 10.9. The van der Waals surface area contributed by atoms with E-state index in [-0.39, 0.29) is 12.7 Å². The maximum Gasteiger partial charge on any atom is 0.258 e. The normalized spacial score (nSPS) is 12.6. The molecule has 0 bridgehead atoms. The Hall–Kier alpha value is -3.02. The van der Waals surface area contributed by atoms with Crippen molar-refractivity contribution >= 4 is 17.4 Å². The van der Waals surface area contributed by atoms with Crippen LogP contribution >= 0.6 is 0 Å². The monoisotopic (exact) mass is 281 g/mol. The molecule has 3 heterocycles. The summed E-state index contributed by atoms with van der Waals surface area (Å²) >= 11 is 0. The van der Waals surface area contributed by atoms with Crippen molar-refractivity contribution < 1.29 is 14.3 Å². The molecule has 4 rings (SSSR count). The summed E-state index contributed by atoms with van der Waals surface area (Å²) < 4.78 is 12.3. The van der Waals surface area contributed by atoms with Crippen molar-refractivity contribution in [1.29, 1.82) is 0 Å². The van der Waals surface area contributed by atoms with Crippen LogP contribution in [0.4, 0.5) is 5.95 Å². The number of imidazole rings is 1. The lowest BCUT2D eigenvalue weighted by Crippen LogP contribution is -2.14. The minimum Gasteiger partial charge on any atom is -0.454 e. The maximum atomic E-state index is 12.3. The van der Waals surface area contributed by atoms with Gasteiger partial charge in [-0.15, -0.1) is 0 Å². The van der Waals surface area contributed by atoms with Crippen molar-refractivity contribution in [3.05, 3.63) is 54.4 Å². The fourth-order valence-corrected chi connectivity index (χ4v) is 2.25. The first-order valence-corrected chi connectivity index (χ1v) is 6.44. The molecular weight excluding hydrogens is 270 g/mol. The van der Waals surface area contributed by atoms with Crippen molar-refractivity contribution in [2.45, 2.75) is 0 Å². The first-order chi connectivity index (χ1) is 10.3. The molecule has 0 spiro atoms. The predicted octanol–water partition coefficient (Wildman–Crippen LogP) is 2.32. The van der Waals surface area contributed by atoms with Gasteiger partial charge in [0.05, 0.1) is 11.7 Å². The highest BCUT2D eigenvalue weighted by molar-refractivity contribution is 6.04. The average molecular weight is 281 g/mol. The van der Waals surface area contributed by atoms with Gasteiger partial charge in [0.2, 0.25) is 12.7 Å². The number of hydrogen-bond donors (Lipinski definition) is 1. The zero-order valence-corrected chi connectivity index (χ0v) is 10.9. The summed E-state index contributed by atoms with van der Waals surface area (Å²) in [6, 6.07) is 10.8. The van der Waals surface area contributed by atoms with Gasteiger partial charge in [0.25, 0.3) is 5.91 Å².